The number of amides is 3. The van der Waals surface area contributed by atoms with Crippen LogP contribution in [0.2, 0.25) is 0 Å². The first-order valence-corrected chi connectivity index (χ1v) is 14.0. The van der Waals surface area contributed by atoms with Crippen LogP contribution in [-0.4, -0.2) is 54.5 Å². The quantitative estimate of drug-likeness (QED) is 0.298. The standard InChI is InChI=1S/C31H43N5O4/c1-21(2)20-31(24-15-10-7-11-16-24)28(38)36(29(32)35-31)18-12-17-25(22(3)4)33-27(37)26(34-30(39)40-5)19-23-13-8-6-9-14-23/h6-11,13-16,21-22,25-26H,12,17-20H2,1-5H3,(H2,32,35)(H,33,37)(H,34,39)/t25?,26-,31?/m0/s1. The van der Waals surface area contributed by atoms with E-state index in [4.69, 9.17) is 10.1 Å². The summed E-state index contributed by atoms with van der Waals surface area (Å²) in [6, 6.07) is 18.1. The second-order valence-electron chi connectivity index (χ2n) is 11.2. The van der Waals surface area contributed by atoms with Crippen LogP contribution in [0.4, 0.5) is 4.79 Å². The van der Waals surface area contributed by atoms with Crippen LogP contribution in [-0.2, 0) is 26.3 Å². The van der Waals surface area contributed by atoms with Crippen molar-refractivity contribution in [3.8, 4) is 0 Å². The Morgan fingerprint density at radius 1 is 1.00 bits per heavy atom. The number of benzene rings is 2. The van der Waals surface area contributed by atoms with E-state index in [0.717, 1.165) is 11.1 Å². The third kappa shape index (κ3) is 7.61. The number of carbonyl (C=O) groups excluding carboxylic acids is 3. The third-order valence-electron chi connectivity index (χ3n) is 7.30. The van der Waals surface area contributed by atoms with Crippen molar-refractivity contribution < 1.29 is 19.1 Å². The SMILES string of the molecule is COC(=O)N[C@@H](Cc1ccccc1)C(=O)NC(CCCN1C(=N)NC(CC(C)C)(c2ccccc2)C1=O)C(C)C. The van der Waals surface area contributed by atoms with E-state index in [1.165, 1.54) is 12.0 Å². The van der Waals surface area contributed by atoms with Crippen molar-refractivity contribution in [1.29, 1.82) is 5.41 Å². The molecule has 0 spiro atoms. The molecule has 2 unspecified atom stereocenters. The van der Waals surface area contributed by atoms with Crippen LogP contribution in [0, 0.1) is 17.2 Å². The Labute approximate surface area is 237 Å². The van der Waals surface area contributed by atoms with Gasteiger partial charge in [-0.2, -0.15) is 0 Å². The zero-order chi connectivity index (χ0) is 29.3. The predicted octanol–water partition coefficient (Wildman–Crippen LogP) is 4.18. The Balaban J connectivity index is 1.67. The number of nitrogens with zero attached hydrogens (tertiary/aromatic N) is 1. The van der Waals surface area contributed by atoms with Crippen LogP contribution in [0.1, 0.15) is 58.1 Å². The summed E-state index contributed by atoms with van der Waals surface area (Å²) < 4.78 is 4.74. The number of ether oxygens (including phenoxy) is 1. The van der Waals surface area contributed by atoms with Crippen LogP contribution < -0.4 is 16.0 Å². The molecule has 1 aliphatic heterocycles. The summed E-state index contributed by atoms with van der Waals surface area (Å²) in [5.41, 5.74) is 0.820. The minimum atomic E-state index is -0.956. The number of methoxy groups -OCH3 is 1. The molecule has 1 heterocycles. The van der Waals surface area contributed by atoms with Gasteiger partial charge >= 0.3 is 6.09 Å². The zero-order valence-electron chi connectivity index (χ0n) is 24.2. The second kappa shape index (κ2) is 14.0. The fourth-order valence-electron chi connectivity index (χ4n) is 5.24. The highest BCUT2D eigenvalue weighted by molar-refractivity contribution is 6.08. The van der Waals surface area contributed by atoms with E-state index in [0.29, 0.717) is 32.2 Å². The van der Waals surface area contributed by atoms with Gasteiger partial charge in [0.05, 0.1) is 7.11 Å². The maximum Gasteiger partial charge on any atom is 0.407 e. The summed E-state index contributed by atoms with van der Waals surface area (Å²) in [5.74, 6) is 0.0558. The molecule has 40 heavy (non-hydrogen) atoms. The van der Waals surface area contributed by atoms with Gasteiger partial charge < -0.3 is 20.7 Å². The molecule has 0 radical (unpaired) electrons. The molecule has 9 heteroatoms. The normalized spacial score (nSPS) is 18.4. The molecule has 9 nitrogen and oxygen atoms in total. The number of hydrogen-bond donors (Lipinski definition) is 4. The lowest BCUT2D eigenvalue weighted by Crippen LogP contribution is -2.52. The lowest BCUT2D eigenvalue weighted by atomic mass is 9.82. The molecule has 2 aromatic carbocycles. The molecular weight excluding hydrogens is 506 g/mol. The molecule has 0 saturated carbocycles. The van der Waals surface area contributed by atoms with Crippen LogP contribution in [0.15, 0.2) is 60.7 Å². The van der Waals surface area contributed by atoms with Gasteiger partial charge in [-0.15, -0.1) is 0 Å². The molecule has 3 amide bonds. The van der Waals surface area contributed by atoms with Crippen molar-refractivity contribution in [3.63, 3.8) is 0 Å². The van der Waals surface area contributed by atoms with Gasteiger partial charge in [0, 0.05) is 19.0 Å². The minimum Gasteiger partial charge on any atom is -0.453 e. The van der Waals surface area contributed by atoms with E-state index in [9.17, 15) is 14.4 Å². The molecule has 0 bridgehead atoms. The Kier molecular flexibility index (Phi) is 10.7. The molecule has 1 saturated heterocycles. The van der Waals surface area contributed by atoms with Gasteiger partial charge in [0.25, 0.3) is 5.91 Å². The van der Waals surface area contributed by atoms with Crippen molar-refractivity contribution in [2.45, 2.75) is 71.0 Å². The first-order chi connectivity index (χ1) is 19.1. The smallest absolute Gasteiger partial charge is 0.407 e. The van der Waals surface area contributed by atoms with Crippen molar-refractivity contribution in [2.24, 2.45) is 11.8 Å². The summed E-state index contributed by atoms with van der Waals surface area (Å²) in [5, 5.41) is 17.5. The van der Waals surface area contributed by atoms with E-state index in [-0.39, 0.29) is 35.7 Å². The van der Waals surface area contributed by atoms with Crippen molar-refractivity contribution >= 4 is 23.9 Å². The molecule has 3 atom stereocenters. The molecule has 0 aliphatic carbocycles. The second-order valence-corrected chi connectivity index (χ2v) is 11.2. The number of guanidine groups is 1. The van der Waals surface area contributed by atoms with Crippen LogP contribution in [0.5, 0.6) is 0 Å². The number of nitrogens with one attached hydrogen (secondary N) is 4. The summed E-state index contributed by atoms with van der Waals surface area (Å²) >= 11 is 0. The number of carbonyl (C=O) groups is 3. The Morgan fingerprint density at radius 3 is 2.20 bits per heavy atom. The molecule has 216 valence electrons. The molecule has 3 rings (SSSR count). The van der Waals surface area contributed by atoms with Gasteiger partial charge in [-0.3, -0.25) is 19.9 Å². The molecule has 4 N–H and O–H groups in total. The number of rotatable bonds is 13. The topological polar surface area (TPSA) is 124 Å². The van der Waals surface area contributed by atoms with E-state index < -0.39 is 17.7 Å². The maximum absolute atomic E-state index is 13.8. The minimum absolute atomic E-state index is 0.102. The summed E-state index contributed by atoms with van der Waals surface area (Å²) in [6.45, 7) is 8.56. The third-order valence-corrected chi connectivity index (χ3v) is 7.30. The number of alkyl carbamates (subject to hydrolysis) is 1. The Bertz CT molecular complexity index is 1150. The van der Waals surface area contributed by atoms with E-state index in [2.05, 4.69) is 29.8 Å². The van der Waals surface area contributed by atoms with Crippen LogP contribution in [0.25, 0.3) is 0 Å². The van der Waals surface area contributed by atoms with Crippen molar-refractivity contribution in [2.75, 3.05) is 13.7 Å². The molecule has 1 aliphatic rings. The van der Waals surface area contributed by atoms with E-state index in [1.54, 1.807) is 0 Å². The van der Waals surface area contributed by atoms with Crippen LogP contribution in [0.3, 0.4) is 0 Å². The molecule has 1 fully saturated rings. The van der Waals surface area contributed by atoms with Gasteiger partial charge in [0.2, 0.25) is 5.91 Å². The van der Waals surface area contributed by atoms with Crippen molar-refractivity contribution in [3.05, 3.63) is 71.8 Å². The fourth-order valence-corrected chi connectivity index (χ4v) is 5.24. The first kappa shape index (κ1) is 30.7. The van der Waals surface area contributed by atoms with Gasteiger partial charge in [-0.05, 0) is 42.2 Å². The predicted molar refractivity (Wildman–Crippen MR) is 156 cm³/mol. The number of hydrogen-bond acceptors (Lipinski definition) is 5. The Morgan fingerprint density at radius 2 is 1.62 bits per heavy atom. The summed E-state index contributed by atoms with van der Waals surface area (Å²) in [7, 11) is 1.27. The van der Waals surface area contributed by atoms with Crippen molar-refractivity contribution in [1.82, 2.24) is 20.9 Å². The zero-order valence-corrected chi connectivity index (χ0v) is 24.2. The van der Waals surface area contributed by atoms with E-state index in [1.807, 2.05) is 74.5 Å². The highest BCUT2D eigenvalue weighted by Gasteiger charge is 2.50. The molecular formula is C31H43N5O4. The van der Waals surface area contributed by atoms with E-state index >= 15 is 0 Å². The monoisotopic (exact) mass is 549 g/mol. The molecule has 0 aromatic heterocycles. The van der Waals surface area contributed by atoms with Gasteiger partial charge in [-0.1, -0.05) is 88.4 Å². The maximum atomic E-state index is 13.8. The van der Waals surface area contributed by atoms with Gasteiger partial charge in [0.15, 0.2) is 5.96 Å². The van der Waals surface area contributed by atoms with Gasteiger partial charge in [-0.25, -0.2) is 4.79 Å². The summed E-state index contributed by atoms with van der Waals surface area (Å²) in [4.78, 5) is 40.5. The van der Waals surface area contributed by atoms with Gasteiger partial charge in [0.1, 0.15) is 11.6 Å². The highest BCUT2D eigenvalue weighted by Crippen LogP contribution is 2.35. The highest BCUT2D eigenvalue weighted by atomic mass is 16.5. The first-order valence-electron chi connectivity index (χ1n) is 14.0. The average Bonchev–Trinajstić information content (AvgIpc) is 3.17. The lowest BCUT2D eigenvalue weighted by molar-refractivity contribution is -0.132. The Hall–Kier alpha value is -3.88. The fraction of sp³-hybridized carbons (Fsp3) is 0.484. The summed E-state index contributed by atoms with van der Waals surface area (Å²) in [6.07, 6.45) is 1.45. The lowest BCUT2D eigenvalue weighted by Gasteiger charge is -2.29. The largest absolute Gasteiger partial charge is 0.453 e. The average molecular weight is 550 g/mol. The van der Waals surface area contributed by atoms with Crippen LogP contribution >= 0.6 is 0 Å². The molecule has 2 aromatic rings.